The molecule has 0 unspecified atom stereocenters. The average molecular weight is 361 g/mol. The minimum absolute atomic E-state index is 0.139. The maximum Gasteiger partial charge on any atom is 0.265 e. The van der Waals surface area contributed by atoms with Gasteiger partial charge in [0, 0.05) is 11.3 Å². The first kappa shape index (κ1) is 19.4. The van der Waals surface area contributed by atoms with Crippen LogP contribution in [-0.2, 0) is 15.0 Å². The Morgan fingerprint density at radius 1 is 1.15 bits per heavy atom. The standard InChI is InChI=1S/C19H21F2N3O2/c1-19(2,3)13-6-4-5-7-16(13)23-17(25)11-26-24-18(22)12-8-9-14(20)15(21)10-12/h4-10H,11H2,1-3H3,(H2,22,24)(H,23,25). The maximum atomic E-state index is 13.2. The van der Waals surface area contributed by atoms with Gasteiger partial charge in [-0.05, 0) is 35.2 Å². The quantitative estimate of drug-likeness (QED) is 0.486. The van der Waals surface area contributed by atoms with Crippen LogP contribution in [0.4, 0.5) is 14.5 Å². The van der Waals surface area contributed by atoms with Gasteiger partial charge in [-0.3, -0.25) is 4.79 Å². The van der Waals surface area contributed by atoms with E-state index in [2.05, 4.69) is 10.5 Å². The molecule has 2 aromatic rings. The predicted octanol–water partition coefficient (Wildman–Crippen LogP) is 3.54. The highest BCUT2D eigenvalue weighted by molar-refractivity contribution is 5.97. The molecule has 138 valence electrons. The van der Waals surface area contributed by atoms with Crippen molar-refractivity contribution in [2.75, 3.05) is 11.9 Å². The van der Waals surface area contributed by atoms with E-state index < -0.39 is 17.5 Å². The van der Waals surface area contributed by atoms with Gasteiger partial charge in [-0.2, -0.15) is 0 Å². The van der Waals surface area contributed by atoms with Crippen molar-refractivity contribution >= 4 is 17.4 Å². The smallest absolute Gasteiger partial charge is 0.265 e. The summed E-state index contributed by atoms with van der Waals surface area (Å²) < 4.78 is 26.1. The van der Waals surface area contributed by atoms with Crippen molar-refractivity contribution in [1.82, 2.24) is 0 Å². The Balaban J connectivity index is 1.98. The van der Waals surface area contributed by atoms with Crippen molar-refractivity contribution in [1.29, 1.82) is 0 Å². The molecule has 0 atom stereocenters. The number of nitrogens with one attached hydrogen (secondary N) is 1. The van der Waals surface area contributed by atoms with E-state index in [1.807, 2.05) is 39.0 Å². The number of hydrogen-bond donors (Lipinski definition) is 2. The number of halogens is 2. The molecular weight excluding hydrogens is 340 g/mol. The first-order valence-electron chi connectivity index (χ1n) is 7.98. The number of carbonyl (C=O) groups excluding carboxylic acids is 1. The molecule has 0 aliphatic rings. The van der Waals surface area contributed by atoms with Crippen molar-refractivity contribution in [2.45, 2.75) is 26.2 Å². The van der Waals surface area contributed by atoms with Gasteiger partial charge in [0.25, 0.3) is 5.91 Å². The molecule has 0 bridgehead atoms. The summed E-state index contributed by atoms with van der Waals surface area (Å²) in [7, 11) is 0. The molecule has 0 aromatic heterocycles. The summed E-state index contributed by atoms with van der Waals surface area (Å²) in [6.07, 6.45) is 0. The summed E-state index contributed by atoms with van der Waals surface area (Å²) in [6, 6.07) is 10.6. The molecule has 0 radical (unpaired) electrons. The highest BCUT2D eigenvalue weighted by Crippen LogP contribution is 2.29. The van der Waals surface area contributed by atoms with E-state index in [4.69, 9.17) is 10.6 Å². The van der Waals surface area contributed by atoms with Crippen LogP contribution in [-0.4, -0.2) is 18.3 Å². The lowest BCUT2D eigenvalue weighted by Crippen LogP contribution is -2.22. The third-order valence-electron chi connectivity index (χ3n) is 3.58. The molecule has 0 spiro atoms. The summed E-state index contributed by atoms with van der Waals surface area (Å²) in [5, 5.41) is 6.33. The van der Waals surface area contributed by atoms with Crippen molar-refractivity contribution in [2.24, 2.45) is 10.9 Å². The van der Waals surface area contributed by atoms with Crippen LogP contribution < -0.4 is 11.1 Å². The van der Waals surface area contributed by atoms with Crippen molar-refractivity contribution in [3.63, 3.8) is 0 Å². The maximum absolute atomic E-state index is 13.2. The number of nitrogens with zero attached hydrogens (tertiary/aromatic N) is 1. The highest BCUT2D eigenvalue weighted by Gasteiger charge is 2.18. The monoisotopic (exact) mass is 361 g/mol. The van der Waals surface area contributed by atoms with Crippen LogP contribution in [0, 0.1) is 11.6 Å². The molecule has 0 saturated heterocycles. The Labute approximate surface area is 150 Å². The zero-order valence-corrected chi connectivity index (χ0v) is 14.8. The van der Waals surface area contributed by atoms with Crippen LogP contribution in [0.15, 0.2) is 47.6 Å². The van der Waals surface area contributed by atoms with Gasteiger partial charge >= 0.3 is 0 Å². The van der Waals surface area contributed by atoms with Gasteiger partial charge < -0.3 is 15.9 Å². The number of rotatable bonds is 5. The van der Waals surface area contributed by atoms with Crippen molar-refractivity contribution in [3.05, 3.63) is 65.2 Å². The van der Waals surface area contributed by atoms with Gasteiger partial charge in [0.2, 0.25) is 0 Å². The third kappa shape index (κ3) is 5.02. The van der Waals surface area contributed by atoms with Crippen LogP contribution in [0.2, 0.25) is 0 Å². The van der Waals surface area contributed by atoms with Crippen LogP contribution >= 0.6 is 0 Å². The fraction of sp³-hybridized carbons (Fsp3) is 0.263. The molecular formula is C19H21F2N3O2. The molecule has 0 aliphatic heterocycles. The summed E-state index contributed by atoms with van der Waals surface area (Å²) >= 11 is 0. The van der Waals surface area contributed by atoms with Crippen molar-refractivity contribution < 1.29 is 18.4 Å². The number of nitrogens with two attached hydrogens (primary N) is 1. The minimum atomic E-state index is -1.04. The third-order valence-corrected chi connectivity index (χ3v) is 3.58. The fourth-order valence-electron chi connectivity index (χ4n) is 2.30. The molecule has 26 heavy (non-hydrogen) atoms. The van der Waals surface area contributed by atoms with Gasteiger partial charge in [-0.1, -0.05) is 44.1 Å². The fourth-order valence-corrected chi connectivity index (χ4v) is 2.30. The Hall–Kier alpha value is -2.96. The zero-order valence-electron chi connectivity index (χ0n) is 14.8. The van der Waals surface area contributed by atoms with Gasteiger partial charge in [0.05, 0.1) is 0 Å². The van der Waals surface area contributed by atoms with E-state index in [-0.39, 0.29) is 23.4 Å². The number of amidine groups is 1. The molecule has 2 aromatic carbocycles. The number of benzene rings is 2. The van der Waals surface area contributed by atoms with Crippen LogP contribution in [0.5, 0.6) is 0 Å². The number of hydrogen-bond acceptors (Lipinski definition) is 3. The van der Waals surface area contributed by atoms with Gasteiger partial charge in [-0.25, -0.2) is 8.78 Å². The van der Waals surface area contributed by atoms with E-state index in [9.17, 15) is 13.6 Å². The molecule has 0 fully saturated rings. The molecule has 2 rings (SSSR count). The number of anilines is 1. The summed E-state index contributed by atoms with van der Waals surface area (Å²) in [6.45, 7) is 5.76. The first-order chi connectivity index (χ1) is 12.2. The number of amides is 1. The molecule has 0 aliphatic carbocycles. The predicted molar refractivity (Wildman–Crippen MR) is 96.8 cm³/mol. The van der Waals surface area contributed by atoms with Crippen LogP contribution in [0.3, 0.4) is 0 Å². The molecule has 3 N–H and O–H groups in total. The molecule has 0 saturated carbocycles. The Morgan fingerprint density at radius 2 is 1.85 bits per heavy atom. The molecule has 1 amide bonds. The lowest BCUT2D eigenvalue weighted by Gasteiger charge is -2.22. The van der Waals surface area contributed by atoms with Crippen molar-refractivity contribution in [3.8, 4) is 0 Å². The summed E-state index contributed by atoms with van der Waals surface area (Å²) in [4.78, 5) is 17.0. The lowest BCUT2D eigenvalue weighted by molar-refractivity contribution is -0.120. The van der Waals surface area contributed by atoms with E-state index in [1.165, 1.54) is 6.07 Å². The molecule has 0 heterocycles. The number of para-hydroxylation sites is 1. The Bertz CT molecular complexity index is 830. The lowest BCUT2D eigenvalue weighted by atomic mass is 9.86. The highest BCUT2D eigenvalue weighted by atomic mass is 19.2. The van der Waals surface area contributed by atoms with Crippen LogP contribution in [0.1, 0.15) is 31.9 Å². The van der Waals surface area contributed by atoms with Gasteiger partial charge in [-0.15, -0.1) is 0 Å². The second kappa shape index (κ2) is 7.95. The Morgan fingerprint density at radius 3 is 2.50 bits per heavy atom. The first-order valence-corrected chi connectivity index (χ1v) is 7.98. The minimum Gasteiger partial charge on any atom is -0.384 e. The van der Waals surface area contributed by atoms with E-state index in [1.54, 1.807) is 6.07 Å². The second-order valence-electron chi connectivity index (χ2n) is 6.72. The summed E-state index contributed by atoms with van der Waals surface area (Å²) in [5.74, 6) is -2.60. The second-order valence-corrected chi connectivity index (χ2v) is 6.72. The average Bonchev–Trinajstić information content (AvgIpc) is 2.56. The van der Waals surface area contributed by atoms with Gasteiger partial charge in [0.15, 0.2) is 24.1 Å². The van der Waals surface area contributed by atoms with Crippen LogP contribution in [0.25, 0.3) is 0 Å². The number of carbonyl (C=O) groups is 1. The normalized spacial score (nSPS) is 12.0. The number of oxime groups is 1. The topological polar surface area (TPSA) is 76.7 Å². The Kier molecular flexibility index (Phi) is 5.92. The molecule has 7 heteroatoms. The van der Waals surface area contributed by atoms with E-state index in [0.717, 1.165) is 17.7 Å². The molecule has 5 nitrogen and oxygen atoms in total. The van der Waals surface area contributed by atoms with Gasteiger partial charge in [0.1, 0.15) is 0 Å². The SMILES string of the molecule is CC(C)(C)c1ccccc1NC(=O)CON=C(N)c1ccc(F)c(F)c1. The largest absolute Gasteiger partial charge is 0.384 e. The van der Waals surface area contributed by atoms with E-state index >= 15 is 0 Å². The van der Waals surface area contributed by atoms with E-state index in [0.29, 0.717) is 5.69 Å². The zero-order chi connectivity index (χ0) is 19.3. The summed E-state index contributed by atoms with van der Waals surface area (Å²) in [5.41, 5.74) is 7.32.